The Hall–Kier alpha value is -3.03. The summed E-state index contributed by atoms with van der Waals surface area (Å²) in [6.45, 7) is 8.72. The molecule has 0 radical (unpaired) electrons. The van der Waals surface area contributed by atoms with E-state index in [1.54, 1.807) is 26.8 Å². The van der Waals surface area contributed by atoms with Crippen LogP contribution in [0, 0.1) is 0 Å². The fourth-order valence-corrected chi connectivity index (χ4v) is 2.53. The number of nitrogens with two attached hydrogens (primary N) is 1. The number of anilines is 2. The fraction of sp³-hybridized carbons (Fsp3) is 0.421. The normalized spacial score (nSPS) is 11.5. The summed E-state index contributed by atoms with van der Waals surface area (Å²) in [4.78, 5) is 29.4. The van der Waals surface area contributed by atoms with Crippen LogP contribution in [0.1, 0.15) is 34.6 Å². The molecule has 0 fully saturated rings. The number of hydrogen-bond donors (Lipinski definition) is 3. The van der Waals surface area contributed by atoms with Crippen LogP contribution < -0.4 is 16.6 Å². The molecule has 4 N–H and O–H groups in total. The zero-order valence-electron chi connectivity index (χ0n) is 16.2. The van der Waals surface area contributed by atoms with Crippen LogP contribution in [0.5, 0.6) is 5.75 Å². The van der Waals surface area contributed by atoms with Gasteiger partial charge in [-0.25, -0.2) is 4.98 Å². The highest BCUT2D eigenvalue weighted by Gasteiger charge is 2.20. The Morgan fingerprint density at radius 1 is 1.33 bits per heavy atom. The van der Waals surface area contributed by atoms with Crippen molar-refractivity contribution in [2.24, 2.45) is 0 Å². The molecule has 8 nitrogen and oxygen atoms in total. The van der Waals surface area contributed by atoms with Gasteiger partial charge in [0, 0.05) is 23.4 Å². The van der Waals surface area contributed by atoms with Crippen LogP contribution in [-0.4, -0.2) is 32.3 Å². The molecule has 1 heterocycles. The van der Waals surface area contributed by atoms with Crippen molar-refractivity contribution in [3.63, 3.8) is 0 Å². The number of aromatic hydroxyl groups is 1. The average molecular weight is 374 g/mol. The van der Waals surface area contributed by atoms with E-state index in [9.17, 15) is 14.7 Å². The van der Waals surface area contributed by atoms with Crippen LogP contribution in [0.3, 0.4) is 0 Å². The zero-order valence-corrected chi connectivity index (χ0v) is 16.2. The van der Waals surface area contributed by atoms with Gasteiger partial charge in [-0.3, -0.25) is 14.2 Å². The van der Waals surface area contributed by atoms with Crippen LogP contribution >= 0.6 is 0 Å². The molecule has 2 aromatic rings. The van der Waals surface area contributed by atoms with Crippen molar-refractivity contribution < 1.29 is 14.6 Å². The molecule has 0 amide bonds. The van der Waals surface area contributed by atoms with E-state index in [2.05, 4.69) is 10.3 Å². The Labute approximate surface area is 158 Å². The number of nitrogens with zero attached hydrogens (tertiary/aromatic N) is 2. The Morgan fingerprint density at radius 3 is 2.56 bits per heavy atom. The number of carbonyl (C=O) groups is 1. The molecule has 0 saturated carbocycles. The van der Waals surface area contributed by atoms with Gasteiger partial charge < -0.3 is 20.9 Å². The van der Waals surface area contributed by atoms with Crippen LogP contribution in [-0.2, 0) is 16.1 Å². The molecule has 0 unspecified atom stereocenters. The summed E-state index contributed by atoms with van der Waals surface area (Å²) in [7, 11) is 0. The summed E-state index contributed by atoms with van der Waals surface area (Å²) in [5, 5.41) is 12.8. The monoisotopic (exact) mass is 374 g/mol. The maximum absolute atomic E-state index is 12.9. The van der Waals surface area contributed by atoms with Gasteiger partial charge in [0.2, 0.25) is 0 Å². The smallest absolute Gasteiger partial charge is 0.326 e. The molecule has 2 rings (SSSR count). The van der Waals surface area contributed by atoms with Crippen LogP contribution in [0.4, 0.5) is 11.5 Å². The van der Waals surface area contributed by atoms with Gasteiger partial charge in [0.05, 0.1) is 11.9 Å². The Kier molecular flexibility index (Phi) is 5.78. The number of phenols is 1. The molecule has 0 aliphatic rings. The number of nitrogen functional groups attached to an aromatic ring is 1. The number of nitrogens with one attached hydrogen (secondary N) is 1. The van der Waals surface area contributed by atoms with Gasteiger partial charge in [-0.1, -0.05) is 0 Å². The number of benzene rings is 1. The van der Waals surface area contributed by atoms with Crippen molar-refractivity contribution in [1.82, 2.24) is 9.55 Å². The minimum atomic E-state index is -0.678. The second-order valence-electron chi connectivity index (χ2n) is 7.58. The third kappa shape index (κ3) is 5.47. The number of carbonyl (C=O) groups excluding carboxylic acids is 1. The lowest BCUT2D eigenvalue weighted by Gasteiger charge is -2.21. The van der Waals surface area contributed by atoms with Crippen molar-refractivity contribution in [2.45, 2.75) is 52.8 Å². The van der Waals surface area contributed by atoms with E-state index in [0.29, 0.717) is 16.9 Å². The third-order valence-corrected chi connectivity index (χ3v) is 3.42. The van der Waals surface area contributed by atoms with E-state index in [0.717, 1.165) is 0 Å². The molecule has 0 saturated heterocycles. The quantitative estimate of drug-likeness (QED) is 0.543. The first-order chi connectivity index (χ1) is 12.5. The van der Waals surface area contributed by atoms with E-state index in [-0.39, 0.29) is 24.2 Å². The summed E-state index contributed by atoms with van der Waals surface area (Å²) >= 11 is 0. The molecule has 1 aromatic heterocycles. The van der Waals surface area contributed by atoms with Gasteiger partial charge >= 0.3 is 5.97 Å². The molecule has 0 atom stereocenters. The highest BCUT2D eigenvalue weighted by atomic mass is 16.6. The summed E-state index contributed by atoms with van der Waals surface area (Å²) < 4.78 is 6.61. The molecule has 146 valence electrons. The number of hydrogen-bond acceptors (Lipinski definition) is 7. The van der Waals surface area contributed by atoms with Crippen molar-refractivity contribution in [3.8, 4) is 17.0 Å². The van der Waals surface area contributed by atoms with Crippen LogP contribution in [0.15, 0.2) is 29.2 Å². The maximum atomic E-state index is 12.9. The second-order valence-corrected chi connectivity index (χ2v) is 7.58. The lowest BCUT2D eigenvalue weighted by atomic mass is 10.1. The fourth-order valence-electron chi connectivity index (χ4n) is 2.53. The Balaban J connectivity index is 2.57. The largest absolute Gasteiger partial charge is 0.508 e. The molecule has 0 aliphatic heterocycles. The average Bonchev–Trinajstić information content (AvgIpc) is 2.48. The molecule has 1 aromatic carbocycles. The number of ether oxygens (including phenoxy) is 1. The highest BCUT2D eigenvalue weighted by Crippen LogP contribution is 2.26. The molecule has 8 heteroatoms. The van der Waals surface area contributed by atoms with Gasteiger partial charge in [0.1, 0.15) is 17.9 Å². The zero-order chi connectivity index (χ0) is 20.4. The molecule has 0 bridgehead atoms. The molecular weight excluding hydrogens is 348 g/mol. The first-order valence-corrected chi connectivity index (χ1v) is 8.64. The lowest BCUT2D eigenvalue weighted by molar-refractivity contribution is -0.155. The van der Waals surface area contributed by atoms with E-state index >= 15 is 0 Å². The van der Waals surface area contributed by atoms with Crippen molar-refractivity contribution in [2.75, 3.05) is 11.1 Å². The van der Waals surface area contributed by atoms with Gasteiger partial charge in [-0.05, 0) is 46.8 Å². The molecular formula is C19H26N4O4. The molecule has 0 aliphatic carbocycles. The van der Waals surface area contributed by atoms with E-state index in [1.165, 1.54) is 22.9 Å². The topological polar surface area (TPSA) is 119 Å². The summed E-state index contributed by atoms with van der Waals surface area (Å²) in [5.41, 5.74) is 5.79. The Bertz CT molecular complexity index is 877. The van der Waals surface area contributed by atoms with E-state index in [1.807, 2.05) is 13.8 Å². The number of rotatable bonds is 5. The summed E-state index contributed by atoms with van der Waals surface area (Å²) in [5.74, 6) is -0.475. The first kappa shape index (κ1) is 20.3. The number of phenolic OH excluding ortho intramolecular Hbond substituents is 1. The number of aromatic nitrogens is 2. The van der Waals surface area contributed by atoms with E-state index < -0.39 is 17.1 Å². The standard InChI is InChI=1S/C19H26N4O4/c1-11(2)22-17-18(26)23(10-16(25)27-19(3,4)5)15(9-21-17)12-6-13(20)8-14(24)7-12/h6-9,11,24H,10,20H2,1-5H3,(H,21,22). The molecule has 27 heavy (non-hydrogen) atoms. The van der Waals surface area contributed by atoms with Crippen molar-refractivity contribution in [3.05, 3.63) is 34.7 Å². The third-order valence-electron chi connectivity index (χ3n) is 3.42. The van der Waals surface area contributed by atoms with Gasteiger partial charge in [0.15, 0.2) is 5.82 Å². The van der Waals surface area contributed by atoms with Gasteiger partial charge in [-0.15, -0.1) is 0 Å². The SMILES string of the molecule is CC(C)Nc1ncc(-c2cc(N)cc(O)c2)n(CC(=O)OC(C)(C)C)c1=O. The highest BCUT2D eigenvalue weighted by molar-refractivity contribution is 5.73. The predicted molar refractivity (Wildman–Crippen MR) is 105 cm³/mol. The summed E-state index contributed by atoms with van der Waals surface area (Å²) in [6, 6.07) is 4.43. The number of esters is 1. The lowest BCUT2D eigenvalue weighted by Crippen LogP contribution is -2.33. The Morgan fingerprint density at radius 2 is 2.00 bits per heavy atom. The minimum Gasteiger partial charge on any atom is -0.508 e. The van der Waals surface area contributed by atoms with Crippen LogP contribution in [0.2, 0.25) is 0 Å². The molecule has 0 spiro atoms. The van der Waals surface area contributed by atoms with Gasteiger partial charge in [-0.2, -0.15) is 0 Å². The van der Waals surface area contributed by atoms with E-state index in [4.69, 9.17) is 10.5 Å². The van der Waals surface area contributed by atoms with Gasteiger partial charge in [0.25, 0.3) is 5.56 Å². The summed E-state index contributed by atoms with van der Waals surface area (Å²) in [6.07, 6.45) is 1.46. The van der Waals surface area contributed by atoms with Crippen molar-refractivity contribution >= 4 is 17.5 Å². The second kappa shape index (κ2) is 7.69. The minimum absolute atomic E-state index is 0.0116. The predicted octanol–water partition coefficient (Wildman–Crippen LogP) is 2.36. The maximum Gasteiger partial charge on any atom is 0.326 e. The van der Waals surface area contributed by atoms with Crippen molar-refractivity contribution in [1.29, 1.82) is 0 Å². The van der Waals surface area contributed by atoms with Crippen LogP contribution in [0.25, 0.3) is 11.3 Å². The first-order valence-electron chi connectivity index (χ1n) is 8.64.